The van der Waals surface area contributed by atoms with E-state index in [1.165, 1.54) is 18.3 Å². The summed E-state index contributed by atoms with van der Waals surface area (Å²) in [6.45, 7) is 1.54. The highest BCUT2D eigenvalue weighted by Gasteiger charge is 2.19. The van der Waals surface area contributed by atoms with Crippen molar-refractivity contribution in [3.8, 4) is 11.5 Å². The number of carbonyl (C=O) groups excluding carboxylic acids is 2. The van der Waals surface area contributed by atoms with Crippen LogP contribution in [0.3, 0.4) is 0 Å². The normalized spacial score (nSPS) is 11.4. The van der Waals surface area contributed by atoms with Crippen LogP contribution in [0.1, 0.15) is 16.6 Å². The lowest BCUT2D eigenvalue weighted by atomic mass is 10.2. The van der Waals surface area contributed by atoms with E-state index in [2.05, 4.69) is 5.32 Å². The number of benzene rings is 2. The summed E-state index contributed by atoms with van der Waals surface area (Å²) in [4.78, 5) is 24.5. The fourth-order valence-corrected chi connectivity index (χ4v) is 2.75. The highest BCUT2D eigenvalue weighted by molar-refractivity contribution is 7.11. The van der Waals surface area contributed by atoms with E-state index < -0.39 is 18.0 Å². The zero-order valence-electron chi connectivity index (χ0n) is 14.0. The number of hydrogen-bond donors (Lipinski definition) is 1. The van der Waals surface area contributed by atoms with E-state index in [1.54, 1.807) is 41.8 Å². The maximum atomic E-state index is 12.2. The molecule has 0 saturated carbocycles. The average molecular weight is 367 g/mol. The number of ether oxygens (including phenoxy) is 2. The lowest BCUT2D eigenvalue weighted by Crippen LogP contribution is -2.29. The van der Waals surface area contributed by atoms with Gasteiger partial charge in [0.1, 0.15) is 16.4 Å². The highest BCUT2D eigenvalue weighted by atomic mass is 32.1. The second kappa shape index (κ2) is 8.31. The Morgan fingerprint density at radius 2 is 1.62 bits per heavy atom. The minimum atomic E-state index is -0.898. The van der Waals surface area contributed by atoms with Gasteiger partial charge in [-0.15, -0.1) is 11.3 Å². The molecule has 1 aromatic heterocycles. The lowest BCUT2D eigenvalue weighted by Gasteiger charge is -2.13. The third-order valence-electron chi connectivity index (χ3n) is 3.48. The number of amides is 1. The molecule has 0 aliphatic carbocycles. The molecule has 1 atom stereocenters. The fourth-order valence-electron chi connectivity index (χ4n) is 2.14. The van der Waals surface area contributed by atoms with Gasteiger partial charge in [0.05, 0.1) is 0 Å². The van der Waals surface area contributed by atoms with Gasteiger partial charge in [-0.2, -0.15) is 0 Å². The maximum Gasteiger partial charge on any atom is 0.349 e. The molecular formula is C20H17NO4S. The van der Waals surface area contributed by atoms with Crippen LogP contribution in [0.4, 0.5) is 5.69 Å². The van der Waals surface area contributed by atoms with E-state index in [0.29, 0.717) is 16.3 Å². The Bertz CT molecular complexity index is 861. The molecule has 2 aromatic carbocycles. The zero-order valence-corrected chi connectivity index (χ0v) is 14.9. The van der Waals surface area contributed by atoms with Crippen molar-refractivity contribution < 1.29 is 19.1 Å². The van der Waals surface area contributed by atoms with Gasteiger partial charge in [-0.05, 0) is 54.8 Å². The van der Waals surface area contributed by atoms with E-state index in [4.69, 9.17) is 9.47 Å². The molecule has 132 valence electrons. The van der Waals surface area contributed by atoms with Gasteiger partial charge >= 0.3 is 5.97 Å². The van der Waals surface area contributed by atoms with Gasteiger partial charge in [0.15, 0.2) is 6.10 Å². The van der Waals surface area contributed by atoms with Crippen molar-refractivity contribution in [3.63, 3.8) is 0 Å². The van der Waals surface area contributed by atoms with Crippen molar-refractivity contribution >= 4 is 28.9 Å². The van der Waals surface area contributed by atoms with Crippen molar-refractivity contribution in [2.45, 2.75) is 13.0 Å². The molecule has 0 fully saturated rings. The Labute approximate surface area is 155 Å². The molecule has 6 heteroatoms. The highest BCUT2D eigenvalue weighted by Crippen LogP contribution is 2.22. The minimum Gasteiger partial charge on any atom is -0.457 e. The SMILES string of the molecule is CC(OC(=O)c1cccs1)C(=O)Nc1ccc(Oc2ccccc2)cc1. The van der Waals surface area contributed by atoms with Gasteiger partial charge in [0, 0.05) is 5.69 Å². The van der Waals surface area contributed by atoms with Crippen LogP contribution in [-0.4, -0.2) is 18.0 Å². The molecular weight excluding hydrogens is 350 g/mol. The molecule has 5 nitrogen and oxygen atoms in total. The van der Waals surface area contributed by atoms with Crippen LogP contribution in [0.15, 0.2) is 72.1 Å². The van der Waals surface area contributed by atoms with Gasteiger partial charge in [-0.25, -0.2) is 4.79 Å². The quantitative estimate of drug-likeness (QED) is 0.640. The van der Waals surface area contributed by atoms with E-state index >= 15 is 0 Å². The molecule has 0 saturated heterocycles. The summed E-state index contributed by atoms with van der Waals surface area (Å²) >= 11 is 1.27. The summed E-state index contributed by atoms with van der Waals surface area (Å²) in [6, 6.07) is 19.8. The van der Waals surface area contributed by atoms with Crippen molar-refractivity contribution in [1.82, 2.24) is 0 Å². The first-order valence-electron chi connectivity index (χ1n) is 8.00. The first kappa shape index (κ1) is 17.7. The second-order valence-electron chi connectivity index (χ2n) is 5.45. The van der Waals surface area contributed by atoms with Crippen LogP contribution in [0, 0.1) is 0 Å². The monoisotopic (exact) mass is 367 g/mol. The van der Waals surface area contributed by atoms with Gasteiger partial charge in [-0.3, -0.25) is 4.79 Å². The standard InChI is InChI=1S/C20H17NO4S/c1-14(24-20(23)18-8-5-13-26-18)19(22)21-15-9-11-17(12-10-15)25-16-6-3-2-4-7-16/h2-14H,1H3,(H,21,22). The predicted octanol–water partition coefficient (Wildman–Crippen LogP) is 4.72. The molecule has 1 N–H and O–H groups in total. The molecule has 0 radical (unpaired) electrons. The molecule has 0 aliphatic heterocycles. The number of para-hydroxylation sites is 1. The number of rotatable bonds is 6. The smallest absolute Gasteiger partial charge is 0.349 e. The van der Waals surface area contributed by atoms with Crippen LogP contribution in [0.25, 0.3) is 0 Å². The molecule has 0 aliphatic rings. The average Bonchev–Trinajstić information content (AvgIpc) is 3.19. The van der Waals surface area contributed by atoms with Gasteiger partial charge < -0.3 is 14.8 Å². The van der Waals surface area contributed by atoms with E-state index in [1.807, 2.05) is 30.3 Å². The van der Waals surface area contributed by atoms with Gasteiger partial charge in [0.2, 0.25) is 0 Å². The third kappa shape index (κ3) is 4.70. The first-order chi connectivity index (χ1) is 12.6. The number of carbonyl (C=O) groups is 2. The maximum absolute atomic E-state index is 12.2. The van der Waals surface area contributed by atoms with E-state index in [-0.39, 0.29) is 0 Å². The van der Waals surface area contributed by atoms with Gasteiger partial charge in [-0.1, -0.05) is 24.3 Å². The Balaban J connectivity index is 1.54. The van der Waals surface area contributed by atoms with Gasteiger partial charge in [0.25, 0.3) is 5.91 Å². The summed E-state index contributed by atoms with van der Waals surface area (Å²) in [6.07, 6.45) is -0.898. The molecule has 1 heterocycles. The Kier molecular flexibility index (Phi) is 5.66. The molecule has 1 unspecified atom stereocenters. The molecule has 26 heavy (non-hydrogen) atoms. The van der Waals surface area contributed by atoms with Crippen molar-refractivity contribution in [2.75, 3.05) is 5.32 Å². The van der Waals surface area contributed by atoms with E-state index in [9.17, 15) is 9.59 Å². The number of thiophene rings is 1. The minimum absolute atomic E-state index is 0.397. The predicted molar refractivity (Wildman–Crippen MR) is 101 cm³/mol. The number of anilines is 1. The van der Waals surface area contributed by atoms with E-state index in [0.717, 1.165) is 5.75 Å². The van der Waals surface area contributed by atoms with Crippen molar-refractivity contribution in [1.29, 1.82) is 0 Å². The molecule has 0 bridgehead atoms. The van der Waals surface area contributed by atoms with Crippen LogP contribution in [-0.2, 0) is 9.53 Å². The molecule has 3 rings (SSSR count). The van der Waals surface area contributed by atoms with Crippen molar-refractivity contribution in [3.05, 3.63) is 77.0 Å². The van der Waals surface area contributed by atoms with Crippen LogP contribution < -0.4 is 10.1 Å². The van der Waals surface area contributed by atoms with Crippen LogP contribution in [0.2, 0.25) is 0 Å². The van der Waals surface area contributed by atoms with Crippen LogP contribution >= 0.6 is 11.3 Å². The third-order valence-corrected chi connectivity index (χ3v) is 4.33. The Morgan fingerprint density at radius 1 is 0.923 bits per heavy atom. The zero-order chi connectivity index (χ0) is 18.4. The lowest BCUT2D eigenvalue weighted by molar-refractivity contribution is -0.123. The number of esters is 1. The summed E-state index contributed by atoms with van der Waals surface area (Å²) in [7, 11) is 0. The number of hydrogen-bond acceptors (Lipinski definition) is 5. The summed E-state index contributed by atoms with van der Waals surface area (Å²) in [5.74, 6) is 0.491. The number of nitrogens with one attached hydrogen (secondary N) is 1. The molecule has 1 amide bonds. The topological polar surface area (TPSA) is 64.6 Å². The largest absolute Gasteiger partial charge is 0.457 e. The summed E-state index contributed by atoms with van der Waals surface area (Å²) < 4.78 is 10.9. The first-order valence-corrected chi connectivity index (χ1v) is 8.88. The van der Waals surface area contributed by atoms with Crippen LogP contribution in [0.5, 0.6) is 11.5 Å². The summed E-state index contributed by atoms with van der Waals surface area (Å²) in [5.41, 5.74) is 0.592. The Hall–Kier alpha value is -3.12. The second-order valence-corrected chi connectivity index (χ2v) is 6.40. The molecule has 3 aromatic rings. The fraction of sp³-hybridized carbons (Fsp3) is 0.100. The van der Waals surface area contributed by atoms with Crippen molar-refractivity contribution in [2.24, 2.45) is 0 Å². The Morgan fingerprint density at radius 3 is 2.27 bits per heavy atom. The molecule has 0 spiro atoms. The summed E-state index contributed by atoms with van der Waals surface area (Å²) in [5, 5.41) is 4.49.